The lowest BCUT2D eigenvalue weighted by Gasteiger charge is -2.41. The Morgan fingerprint density at radius 3 is 2.69 bits per heavy atom. The molecule has 2 aliphatic rings. The van der Waals surface area contributed by atoms with Gasteiger partial charge in [-0.1, -0.05) is 40.5 Å². The van der Waals surface area contributed by atoms with E-state index in [4.69, 9.17) is 20.9 Å². The van der Waals surface area contributed by atoms with Crippen LogP contribution in [0.5, 0.6) is 0 Å². The maximum absolute atomic E-state index is 13.4. The van der Waals surface area contributed by atoms with E-state index in [1.54, 1.807) is 17.0 Å². The average molecular weight is 513 g/mol. The van der Waals surface area contributed by atoms with Crippen LogP contribution in [0.1, 0.15) is 48.2 Å². The number of carbonyl (C=O) groups excluding carboxylic acids is 2. The molecule has 36 heavy (non-hydrogen) atoms. The van der Waals surface area contributed by atoms with E-state index in [1.165, 1.54) is 6.26 Å². The summed E-state index contributed by atoms with van der Waals surface area (Å²) in [5, 5.41) is 16.0. The van der Waals surface area contributed by atoms with Crippen LogP contribution in [0, 0.1) is 5.41 Å². The fourth-order valence-corrected chi connectivity index (χ4v) is 5.08. The molecule has 1 N–H and O–H groups in total. The summed E-state index contributed by atoms with van der Waals surface area (Å²) < 4.78 is 12.6. The fraction of sp³-hybridized carbons (Fsp3) is 0.480. The number of likely N-dealkylation sites (tertiary alicyclic amines) is 1. The van der Waals surface area contributed by atoms with Crippen molar-refractivity contribution < 1.29 is 18.8 Å². The summed E-state index contributed by atoms with van der Waals surface area (Å²) in [6, 6.07) is 7.13. The van der Waals surface area contributed by atoms with Gasteiger partial charge >= 0.3 is 0 Å². The Morgan fingerprint density at radius 1 is 1.08 bits per heavy atom. The lowest BCUT2D eigenvalue weighted by atomic mass is 9.73. The van der Waals surface area contributed by atoms with Crippen LogP contribution in [0.2, 0.25) is 5.02 Å². The summed E-state index contributed by atoms with van der Waals surface area (Å²) in [7, 11) is 0. The van der Waals surface area contributed by atoms with Crippen LogP contribution in [-0.4, -0.2) is 63.1 Å². The second-order valence-corrected chi connectivity index (χ2v) is 9.83. The van der Waals surface area contributed by atoms with Crippen molar-refractivity contribution >= 4 is 23.4 Å². The molecule has 11 heteroatoms. The number of hydrogen-bond donors (Lipinski definition) is 1. The molecule has 3 aromatic rings. The normalized spacial score (nSPS) is 19.0. The van der Waals surface area contributed by atoms with Gasteiger partial charge in [-0.05, 0) is 37.8 Å². The van der Waals surface area contributed by atoms with Gasteiger partial charge in [0.15, 0.2) is 0 Å². The Morgan fingerprint density at radius 2 is 1.89 bits per heavy atom. The summed E-state index contributed by atoms with van der Waals surface area (Å²) in [5.74, 6) is -0.105. The Kier molecular flexibility index (Phi) is 7.33. The molecule has 2 aromatic heterocycles. The zero-order valence-electron chi connectivity index (χ0n) is 20.0. The standard InChI is InChI=1S/C25H29ClN6O4/c26-19-5-3-18(4-6-19)22-21(17-36-29-22)23(33)31-12-8-25(9-13-31)7-1-2-11-32-15-20(28-30-32)16-35-14-10-27-24(25)34/h3-6,15,17H,1-2,7-14,16H2,(H,27,34). The number of nitrogens with one attached hydrogen (secondary N) is 1. The number of fused-ring (bicyclic) bond motifs is 2. The first-order valence-electron chi connectivity index (χ1n) is 12.3. The minimum absolute atomic E-state index is 0.0407. The number of ether oxygens (including phenoxy) is 1. The topological polar surface area (TPSA) is 115 Å². The first-order valence-corrected chi connectivity index (χ1v) is 12.7. The highest BCUT2D eigenvalue weighted by Crippen LogP contribution is 2.38. The zero-order chi connectivity index (χ0) is 25.0. The van der Waals surface area contributed by atoms with E-state index >= 15 is 0 Å². The van der Waals surface area contributed by atoms with Gasteiger partial charge in [0.1, 0.15) is 23.2 Å². The van der Waals surface area contributed by atoms with Gasteiger partial charge in [-0.3, -0.25) is 14.3 Å². The zero-order valence-corrected chi connectivity index (χ0v) is 20.7. The number of benzene rings is 1. The third kappa shape index (κ3) is 5.29. The number of nitrogens with zero attached hydrogens (tertiary/aromatic N) is 5. The largest absolute Gasteiger partial charge is 0.373 e. The quantitative estimate of drug-likeness (QED) is 0.560. The molecule has 5 rings (SSSR count). The van der Waals surface area contributed by atoms with Gasteiger partial charge in [0.25, 0.3) is 5.91 Å². The number of piperidine rings is 1. The van der Waals surface area contributed by atoms with Crippen molar-refractivity contribution in [1.82, 2.24) is 30.4 Å². The third-order valence-corrected chi connectivity index (χ3v) is 7.32. The predicted molar refractivity (Wildman–Crippen MR) is 131 cm³/mol. The summed E-state index contributed by atoms with van der Waals surface area (Å²) >= 11 is 6.00. The van der Waals surface area contributed by atoms with Crippen LogP contribution in [0.4, 0.5) is 0 Å². The van der Waals surface area contributed by atoms with Crippen LogP contribution in [0.15, 0.2) is 41.2 Å². The second-order valence-electron chi connectivity index (χ2n) is 9.39. The molecular formula is C25H29ClN6O4. The van der Waals surface area contributed by atoms with Crippen LogP contribution in [-0.2, 0) is 22.7 Å². The molecule has 1 fully saturated rings. The Bertz CT molecular complexity index is 1200. The molecular weight excluding hydrogens is 484 g/mol. The molecule has 0 unspecified atom stereocenters. The minimum atomic E-state index is -0.512. The molecule has 10 nitrogen and oxygen atoms in total. The average Bonchev–Trinajstić information content (AvgIpc) is 3.56. The van der Waals surface area contributed by atoms with E-state index in [0.29, 0.717) is 62.0 Å². The van der Waals surface area contributed by atoms with Gasteiger partial charge in [0.05, 0.1) is 24.8 Å². The van der Waals surface area contributed by atoms with Crippen LogP contribution >= 0.6 is 11.6 Å². The number of hydrogen-bond acceptors (Lipinski definition) is 7. The Balaban J connectivity index is 1.26. The molecule has 0 radical (unpaired) electrons. The summed E-state index contributed by atoms with van der Waals surface area (Å²) in [5.41, 5.74) is 1.94. The minimum Gasteiger partial charge on any atom is -0.373 e. The van der Waals surface area contributed by atoms with Crippen molar-refractivity contribution in [2.24, 2.45) is 5.41 Å². The van der Waals surface area contributed by atoms with Gasteiger partial charge in [0.2, 0.25) is 5.91 Å². The number of rotatable bonds is 2. The summed E-state index contributed by atoms with van der Waals surface area (Å²) in [6.45, 7) is 2.93. The van der Waals surface area contributed by atoms with Crippen molar-refractivity contribution in [3.05, 3.63) is 53.0 Å². The van der Waals surface area contributed by atoms with Crippen LogP contribution < -0.4 is 5.32 Å². The summed E-state index contributed by atoms with van der Waals surface area (Å²) in [4.78, 5) is 28.5. The number of aryl methyl sites for hydroxylation is 1. The van der Waals surface area contributed by atoms with Crippen molar-refractivity contribution in [3.8, 4) is 11.3 Å². The first-order chi connectivity index (χ1) is 17.5. The van der Waals surface area contributed by atoms with Gasteiger partial charge in [-0.2, -0.15) is 0 Å². The first kappa shape index (κ1) is 24.5. The van der Waals surface area contributed by atoms with E-state index < -0.39 is 5.41 Å². The molecule has 2 aliphatic heterocycles. The maximum atomic E-state index is 13.4. The highest BCUT2D eigenvalue weighted by Gasteiger charge is 2.42. The highest BCUT2D eigenvalue weighted by atomic mass is 35.5. The molecule has 1 spiro atoms. The van der Waals surface area contributed by atoms with Gasteiger partial charge in [-0.25, -0.2) is 0 Å². The molecule has 1 aromatic carbocycles. The summed E-state index contributed by atoms with van der Waals surface area (Å²) in [6.07, 6.45) is 7.03. The van der Waals surface area contributed by atoms with Gasteiger partial charge < -0.3 is 19.5 Å². The van der Waals surface area contributed by atoms with Crippen LogP contribution in [0.25, 0.3) is 11.3 Å². The number of halogens is 1. The maximum Gasteiger partial charge on any atom is 0.259 e. The number of amides is 2. The molecule has 2 bridgehead atoms. The van der Waals surface area contributed by atoms with Crippen molar-refractivity contribution in [3.63, 3.8) is 0 Å². The molecule has 0 saturated carbocycles. The van der Waals surface area contributed by atoms with Crippen molar-refractivity contribution in [2.75, 3.05) is 26.2 Å². The molecule has 0 atom stereocenters. The fourth-order valence-electron chi connectivity index (χ4n) is 4.96. The van der Waals surface area contributed by atoms with Crippen LogP contribution in [0.3, 0.4) is 0 Å². The van der Waals surface area contributed by atoms with Crippen molar-refractivity contribution in [2.45, 2.75) is 45.3 Å². The Hall–Kier alpha value is -3.24. The highest BCUT2D eigenvalue weighted by molar-refractivity contribution is 6.30. The van der Waals surface area contributed by atoms with Crippen molar-refractivity contribution in [1.29, 1.82) is 0 Å². The smallest absolute Gasteiger partial charge is 0.259 e. The Labute approximate surface area is 213 Å². The van der Waals surface area contributed by atoms with E-state index in [9.17, 15) is 9.59 Å². The SMILES string of the molecule is O=C(c1conc1-c1ccc(Cl)cc1)N1CCC2(CCCCn3cc(nn3)COCCNC2=O)CC1. The second kappa shape index (κ2) is 10.8. The van der Waals surface area contributed by atoms with Gasteiger partial charge in [-0.15, -0.1) is 5.10 Å². The molecule has 190 valence electrons. The monoisotopic (exact) mass is 512 g/mol. The van der Waals surface area contributed by atoms with E-state index in [0.717, 1.165) is 37.1 Å². The number of carbonyl (C=O) groups is 2. The lowest BCUT2D eigenvalue weighted by Crippen LogP contribution is -2.50. The number of aromatic nitrogens is 4. The lowest BCUT2D eigenvalue weighted by molar-refractivity contribution is -0.134. The molecule has 1 saturated heterocycles. The molecule has 0 aliphatic carbocycles. The third-order valence-electron chi connectivity index (χ3n) is 7.07. The predicted octanol–water partition coefficient (Wildman–Crippen LogP) is 3.33. The molecule has 4 heterocycles. The van der Waals surface area contributed by atoms with E-state index in [2.05, 4.69) is 20.8 Å². The van der Waals surface area contributed by atoms with E-state index in [1.807, 2.05) is 23.0 Å². The van der Waals surface area contributed by atoms with E-state index in [-0.39, 0.29) is 11.8 Å². The molecule has 2 amide bonds. The van der Waals surface area contributed by atoms with Gasteiger partial charge in [0, 0.05) is 36.8 Å².